The molecule has 29 heavy (non-hydrogen) atoms. The Morgan fingerprint density at radius 1 is 1.28 bits per heavy atom. The molecule has 0 atom stereocenters. The molecule has 4 N–H and O–H groups in total. The number of halogens is 1. The zero-order valence-electron chi connectivity index (χ0n) is 15.7. The number of nitrogens with two attached hydrogens (primary N) is 1. The van der Waals surface area contributed by atoms with Crippen LogP contribution in [0, 0.1) is 12.3 Å². The monoisotopic (exact) mass is 422 g/mol. The molecule has 0 radical (unpaired) electrons. The molecule has 2 heterocycles. The highest BCUT2D eigenvalue weighted by atomic mass is 35.5. The fourth-order valence-corrected chi connectivity index (χ4v) is 4.08. The summed E-state index contributed by atoms with van der Waals surface area (Å²) in [4.78, 5) is 4.64. The number of nitrogens with zero attached hydrogens (tertiary/aromatic N) is 3. The highest BCUT2D eigenvalue weighted by Gasteiger charge is 2.18. The minimum atomic E-state index is -0.212. The number of benzene rings is 2. The average molecular weight is 423 g/mol. The molecule has 0 aliphatic carbocycles. The Hall–Kier alpha value is -3.16. The van der Waals surface area contributed by atoms with Crippen LogP contribution in [0.4, 0.5) is 0 Å². The van der Waals surface area contributed by atoms with Crippen molar-refractivity contribution in [3.63, 3.8) is 0 Å². The Labute approximate surface area is 177 Å². The van der Waals surface area contributed by atoms with Gasteiger partial charge < -0.3 is 10.3 Å². The van der Waals surface area contributed by atoms with E-state index in [-0.39, 0.29) is 5.96 Å². The Bertz CT molecular complexity index is 1210. The van der Waals surface area contributed by atoms with Crippen LogP contribution in [0.15, 0.2) is 59.0 Å². The first-order chi connectivity index (χ1) is 14.0. The Morgan fingerprint density at radius 3 is 2.72 bits per heavy atom. The van der Waals surface area contributed by atoms with Crippen molar-refractivity contribution in [2.45, 2.75) is 13.5 Å². The second-order valence-electron chi connectivity index (χ2n) is 6.51. The average Bonchev–Trinajstić information content (AvgIpc) is 3.24. The van der Waals surface area contributed by atoms with Gasteiger partial charge >= 0.3 is 0 Å². The lowest BCUT2D eigenvalue weighted by atomic mass is 10.1. The molecule has 0 spiro atoms. The molecule has 2 aromatic carbocycles. The van der Waals surface area contributed by atoms with Gasteiger partial charge in [-0.05, 0) is 30.7 Å². The number of aromatic nitrogens is 2. The summed E-state index contributed by atoms with van der Waals surface area (Å²) in [6, 6.07) is 15.9. The fourth-order valence-electron chi connectivity index (χ4n) is 3.35. The maximum absolute atomic E-state index is 7.35. The molecule has 0 fully saturated rings. The van der Waals surface area contributed by atoms with Gasteiger partial charge in [0.1, 0.15) is 0 Å². The van der Waals surface area contributed by atoms with E-state index in [1.54, 1.807) is 17.6 Å². The van der Waals surface area contributed by atoms with E-state index in [2.05, 4.69) is 37.6 Å². The Kier molecular flexibility index (Phi) is 5.33. The van der Waals surface area contributed by atoms with Crippen LogP contribution in [-0.2, 0) is 6.54 Å². The predicted octanol–water partition coefficient (Wildman–Crippen LogP) is 4.59. The quantitative estimate of drug-likeness (QED) is 0.249. The van der Waals surface area contributed by atoms with Gasteiger partial charge in [-0.2, -0.15) is 5.10 Å². The van der Waals surface area contributed by atoms with Gasteiger partial charge in [0.2, 0.25) is 5.96 Å². The maximum atomic E-state index is 7.35. The van der Waals surface area contributed by atoms with Gasteiger partial charge in [-0.25, -0.2) is 10.4 Å². The van der Waals surface area contributed by atoms with Crippen molar-refractivity contribution in [2.75, 3.05) is 0 Å². The van der Waals surface area contributed by atoms with Crippen molar-refractivity contribution in [3.05, 3.63) is 75.2 Å². The van der Waals surface area contributed by atoms with Crippen molar-refractivity contribution >= 4 is 46.0 Å². The van der Waals surface area contributed by atoms with E-state index >= 15 is 0 Å². The molecule has 0 bridgehead atoms. The van der Waals surface area contributed by atoms with E-state index in [9.17, 15) is 0 Å². The number of para-hydroxylation sites is 1. The third-order valence-electron chi connectivity index (χ3n) is 4.49. The van der Waals surface area contributed by atoms with Gasteiger partial charge in [-0.1, -0.05) is 41.9 Å². The van der Waals surface area contributed by atoms with E-state index in [0.717, 1.165) is 38.4 Å². The van der Waals surface area contributed by atoms with E-state index in [1.807, 2.05) is 43.3 Å². The van der Waals surface area contributed by atoms with Gasteiger partial charge in [0.15, 0.2) is 0 Å². The van der Waals surface area contributed by atoms with Gasteiger partial charge in [0.25, 0.3) is 0 Å². The number of hydrogen-bond donors (Lipinski definition) is 3. The molecule has 8 heteroatoms. The lowest BCUT2D eigenvalue weighted by molar-refractivity contribution is 0.818. The lowest BCUT2D eigenvalue weighted by Gasteiger charge is -2.11. The number of hydrazone groups is 1. The molecule has 4 aromatic rings. The summed E-state index contributed by atoms with van der Waals surface area (Å²) in [5, 5.41) is 16.3. The Morgan fingerprint density at radius 2 is 2.03 bits per heavy atom. The molecule has 0 saturated carbocycles. The summed E-state index contributed by atoms with van der Waals surface area (Å²) in [5.41, 5.74) is 12.9. The summed E-state index contributed by atoms with van der Waals surface area (Å²) in [6.07, 6.45) is 1.70. The number of thiazole rings is 1. The summed E-state index contributed by atoms with van der Waals surface area (Å²) in [6.45, 7) is 2.64. The zero-order chi connectivity index (χ0) is 20.4. The van der Waals surface area contributed by atoms with Crippen molar-refractivity contribution in [1.29, 1.82) is 5.41 Å². The molecule has 0 unspecified atom stereocenters. The summed E-state index contributed by atoms with van der Waals surface area (Å²) < 4.78 is 2.24. The summed E-state index contributed by atoms with van der Waals surface area (Å²) in [5.74, 6) is -0.212. The standard InChI is InChI=1S/C21H19ClN6S/c1-13-26-16(12-29-13)11-28-19-5-3-2-4-17(19)18(10-25-27-21(23)24)20(28)14-6-8-15(22)9-7-14/h2-10,12H,11H2,1H3,(H4,23,24,27). The largest absolute Gasteiger partial charge is 0.369 e. The number of hydrogen-bond acceptors (Lipinski definition) is 4. The van der Waals surface area contributed by atoms with E-state index in [4.69, 9.17) is 22.7 Å². The van der Waals surface area contributed by atoms with Crippen LogP contribution in [0.1, 0.15) is 16.3 Å². The van der Waals surface area contributed by atoms with Crippen molar-refractivity contribution in [2.24, 2.45) is 10.8 Å². The minimum Gasteiger partial charge on any atom is -0.369 e. The van der Waals surface area contributed by atoms with Crippen LogP contribution in [0.5, 0.6) is 0 Å². The predicted molar refractivity (Wildman–Crippen MR) is 121 cm³/mol. The molecule has 0 amide bonds. The Balaban J connectivity index is 1.95. The van der Waals surface area contributed by atoms with E-state index in [1.165, 1.54) is 0 Å². The highest BCUT2D eigenvalue weighted by molar-refractivity contribution is 7.09. The van der Waals surface area contributed by atoms with Crippen LogP contribution in [-0.4, -0.2) is 21.7 Å². The zero-order valence-corrected chi connectivity index (χ0v) is 17.3. The van der Waals surface area contributed by atoms with Crippen LogP contribution in [0.3, 0.4) is 0 Å². The molecule has 146 valence electrons. The topological polar surface area (TPSA) is 92.1 Å². The van der Waals surface area contributed by atoms with Crippen LogP contribution in [0.2, 0.25) is 5.02 Å². The van der Waals surface area contributed by atoms with Crippen molar-refractivity contribution in [1.82, 2.24) is 15.0 Å². The highest BCUT2D eigenvalue weighted by Crippen LogP contribution is 2.34. The normalized spacial score (nSPS) is 11.4. The van der Waals surface area contributed by atoms with Gasteiger partial charge in [0, 0.05) is 26.9 Å². The molecule has 0 aliphatic heterocycles. The molecular weight excluding hydrogens is 404 g/mol. The molecule has 0 saturated heterocycles. The van der Waals surface area contributed by atoms with E-state index < -0.39 is 0 Å². The third-order valence-corrected chi connectivity index (χ3v) is 5.57. The van der Waals surface area contributed by atoms with Crippen LogP contribution < -0.4 is 11.2 Å². The molecule has 4 rings (SSSR count). The second-order valence-corrected chi connectivity index (χ2v) is 8.01. The molecule has 0 aliphatic rings. The first kappa shape index (κ1) is 19.2. The van der Waals surface area contributed by atoms with Gasteiger partial charge in [0.05, 0.1) is 29.2 Å². The van der Waals surface area contributed by atoms with Crippen LogP contribution >= 0.6 is 22.9 Å². The first-order valence-corrected chi connectivity index (χ1v) is 10.2. The molecule has 2 aromatic heterocycles. The number of nitrogens with one attached hydrogen (secondary N) is 2. The van der Waals surface area contributed by atoms with Crippen molar-refractivity contribution in [3.8, 4) is 11.3 Å². The summed E-state index contributed by atoms with van der Waals surface area (Å²) >= 11 is 7.76. The number of aryl methyl sites for hydroxylation is 1. The second kappa shape index (κ2) is 8.06. The number of fused-ring (bicyclic) bond motifs is 1. The maximum Gasteiger partial charge on any atom is 0.206 e. The van der Waals surface area contributed by atoms with Crippen molar-refractivity contribution < 1.29 is 0 Å². The minimum absolute atomic E-state index is 0.212. The molecule has 6 nitrogen and oxygen atoms in total. The van der Waals surface area contributed by atoms with Gasteiger partial charge in [-0.15, -0.1) is 11.3 Å². The fraction of sp³-hybridized carbons (Fsp3) is 0.0952. The lowest BCUT2D eigenvalue weighted by Crippen LogP contribution is -2.25. The van der Waals surface area contributed by atoms with E-state index in [0.29, 0.717) is 11.6 Å². The SMILES string of the molecule is Cc1nc(Cn2c(-c3ccc(Cl)cc3)c(C=NNC(=N)N)c3ccccc32)cs1. The smallest absolute Gasteiger partial charge is 0.206 e. The first-order valence-electron chi connectivity index (χ1n) is 8.94. The van der Waals surface area contributed by atoms with Crippen LogP contribution in [0.25, 0.3) is 22.2 Å². The summed E-state index contributed by atoms with van der Waals surface area (Å²) in [7, 11) is 0. The number of guanidine groups is 1. The number of rotatable bonds is 5. The third kappa shape index (κ3) is 4.01. The molecular formula is C21H19ClN6S. The van der Waals surface area contributed by atoms with Gasteiger partial charge in [-0.3, -0.25) is 5.41 Å².